The zero-order valence-corrected chi connectivity index (χ0v) is 16.4. The van der Waals surface area contributed by atoms with Gasteiger partial charge in [-0.05, 0) is 94.0 Å². The van der Waals surface area contributed by atoms with Gasteiger partial charge in [0.2, 0.25) is 0 Å². The second kappa shape index (κ2) is 8.03. The van der Waals surface area contributed by atoms with Gasteiger partial charge in [-0.15, -0.1) is 0 Å². The summed E-state index contributed by atoms with van der Waals surface area (Å²) in [5.41, 5.74) is 5.89. The maximum absolute atomic E-state index is 12.5. The predicted octanol–water partition coefficient (Wildman–Crippen LogP) is 4.08. The molecule has 0 bridgehead atoms. The van der Waals surface area contributed by atoms with Crippen molar-refractivity contribution in [1.82, 2.24) is 5.32 Å². The molecule has 0 heterocycles. The van der Waals surface area contributed by atoms with E-state index in [1.165, 1.54) is 5.56 Å². The molecule has 0 atom stereocenters. The van der Waals surface area contributed by atoms with Crippen molar-refractivity contribution in [2.24, 2.45) is 5.92 Å². The summed E-state index contributed by atoms with van der Waals surface area (Å²) in [7, 11) is 0. The quantitative estimate of drug-likeness (QED) is 0.837. The zero-order chi connectivity index (χ0) is 18.7. The molecule has 1 fully saturated rings. The van der Waals surface area contributed by atoms with Gasteiger partial charge in [-0.1, -0.05) is 6.92 Å². The highest BCUT2D eigenvalue weighted by atomic mass is 16.5. The van der Waals surface area contributed by atoms with Crippen molar-refractivity contribution in [3.05, 3.63) is 33.4 Å². The monoisotopic (exact) mass is 345 g/mol. The van der Waals surface area contributed by atoms with E-state index in [1.807, 2.05) is 27.7 Å². The van der Waals surface area contributed by atoms with Crippen molar-refractivity contribution in [1.29, 1.82) is 0 Å². The van der Waals surface area contributed by atoms with E-state index in [-0.39, 0.29) is 18.6 Å². The number of benzene rings is 1. The molecule has 0 saturated heterocycles. The van der Waals surface area contributed by atoms with E-state index in [1.54, 1.807) is 0 Å². The van der Waals surface area contributed by atoms with Gasteiger partial charge in [0.15, 0.2) is 6.61 Å². The van der Waals surface area contributed by atoms with Gasteiger partial charge in [0, 0.05) is 6.04 Å². The number of nitrogens with one attached hydrogen (secondary N) is 1. The summed E-state index contributed by atoms with van der Waals surface area (Å²) in [5, 5.41) is 2.99. The van der Waals surface area contributed by atoms with Gasteiger partial charge in [-0.3, -0.25) is 4.79 Å². The van der Waals surface area contributed by atoms with Crippen molar-refractivity contribution < 1.29 is 14.3 Å². The molecule has 1 saturated carbocycles. The molecule has 1 N–H and O–H groups in total. The lowest BCUT2D eigenvalue weighted by atomic mass is 9.87. The number of hydrogen-bond acceptors (Lipinski definition) is 3. The third-order valence-electron chi connectivity index (χ3n) is 5.92. The molecule has 1 aromatic carbocycles. The fraction of sp³-hybridized carbons (Fsp3) is 0.619. The SMILES string of the molecule is Cc1c(C)c(C)c(C(=O)OCC(=O)NC2CCC(C)CC2)c(C)c1C. The Morgan fingerprint density at radius 3 is 1.88 bits per heavy atom. The minimum absolute atomic E-state index is 0.205. The van der Waals surface area contributed by atoms with Crippen LogP contribution in [0.15, 0.2) is 0 Å². The summed E-state index contributed by atoms with van der Waals surface area (Å²) in [6.07, 6.45) is 4.31. The van der Waals surface area contributed by atoms with Crippen LogP contribution < -0.4 is 5.32 Å². The summed E-state index contributed by atoms with van der Waals surface area (Å²) in [5.74, 6) is 0.127. The highest BCUT2D eigenvalue weighted by Gasteiger charge is 2.22. The van der Waals surface area contributed by atoms with Gasteiger partial charge in [0.1, 0.15) is 0 Å². The normalized spacial score (nSPS) is 20.2. The highest BCUT2D eigenvalue weighted by molar-refractivity contribution is 5.95. The Hall–Kier alpha value is -1.84. The first-order valence-corrected chi connectivity index (χ1v) is 9.25. The predicted molar refractivity (Wildman–Crippen MR) is 100.0 cm³/mol. The standard InChI is InChI=1S/C21H31NO3/c1-12-7-9-18(10-8-12)22-19(23)11-25-21(24)20-16(5)14(3)13(2)15(4)17(20)6/h12,18H,7-11H2,1-6H3,(H,22,23). The van der Waals surface area contributed by atoms with Crippen molar-refractivity contribution in [3.63, 3.8) is 0 Å². The molecule has 1 aromatic rings. The van der Waals surface area contributed by atoms with Crippen molar-refractivity contribution >= 4 is 11.9 Å². The number of carbonyl (C=O) groups excluding carboxylic acids is 2. The minimum atomic E-state index is -0.409. The van der Waals surface area contributed by atoms with E-state index in [0.29, 0.717) is 5.56 Å². The van der Waals surface area contributed by atoms with Gasteiger partial charge < -0.3 is 10.1 Å². The average Bonchev–Trinajstić information content (AvgIpc) is 2.58. The number of esters is 1. The molecular weight excluding hydrogens is 314 g/mol. The van der Waals surface area contributed by atoms with Crippen LogP contribution in [0.3, 0.4) is 0 Å². The Labute approximate surface area is 151 Å². The topological polar surface area (TPSA) is 55.4 Å². The third-order valence-corrected chi connectivity index (χ3v) is 5.92. The first-order chi connectivity index (χ1) is 11.7. The number of ether oxygens (including phenoxy) is 1. The molecule has 1 aliphatic carbocycles. The van der Waals surface area contributed by atoms with Crippen molar-refractivity contribution in [2.45, 2.75) is 73.3 Å². The Kier molecular flexibility index (Phi) is 6.26. The van der Waals surface area contributed by atoms with Crippen LogP contribution >= 0.6 is 0 Å². The molecular formula is C21H31NO3. The first kappa shape index (κ1) is 19.5. The van der Waals surface area contributed by atoms with Gasteiger partial charge in [0.25, 0.3) is 5.91 Å². The van der Waals surface area contributed by atoms with Crippen LogP contribution in [0.5, 0.6) is 0 Å². The highest BCUT2D eigenvalue weighted by Crippen LogP contribution is 2.26. The fourth-order valence-corrected chi connectivity index (χ4v) is 3.68. The van der Waals surface area contributed by atoms with Crippen LogP contribution in [0.4, 0.5) is 0 Å². The number of hydrogen-bond donors (Lipinski definition) is 1. The molecule has 1 aliphatic rings. The summed E-state index contributed by atoms with van der Waals surface area (Å²) >= 11 is 0. The second-order valence-electron chi connectivity index (χ2n) is 7.60. The molecule has 1 amide bonds. The molecule has 0 unspecified atom stereocenters. The maximum Gasteiger partial charge on any atom is 0.339 e. The van der Waals surface area contributed by atoms with E-state index in [4.69, 9.17) is 4.74 Å². The molecule has 2 rings (SSSR count). The Morgan fingerprint density at radius 2 is 1.36 bits per heavy atom. The van der Waals surface area contributed by atoms with Crippen LogP contribution in [-0.4, -0.2) is 24.5 Å². The lowest BCUT2D eigenvalue weighted by molar-refractivity contribution is -0.125. The van der Waals surface area contributed by atoms with Gasteiger partial charge in [-0.25, -0.2) is 4.79 Å². The third kappa shape index (κ3) is 4.42. The first-order valence-electron chi connectivity index (χ1n) is 9.25. The molecule has 25 heavy (non-hydrogen) atoms. The van der Waals surface area contributed by atoms with Crippen LogP contribution in [0.2, 0.25) is 0 Å². The Morgan fingerprint density at radius 1 is 0.880 bits per heavy atom. The summed E-state index contributed by atoms with van der Waals surface area (Å²) in [6.45, 7) is 12.0. The average molecular weight is 345 g/mol. The van der Waals surface area contributed by atoms with Gasteiger partial charge >= 0.3 is 5.97 Å². The largest absolute Gasteiger partial charge is 0.452 e. The zero-order valence-electron chi connectivity index (χ0n) is 16.4. The summed E-state index contributed by atoms with van der Waals surface area (Å²) < 4.78 is 5.31. The smallest absolute Gasteiger partial charge is 0.339 e. The molecule has 0 radical (unpaired) electrons. The van der Waals surface area contributed by atoms with E-state index in [9.17, 15) is 9.59 Å². The van der Waals surface area contributed by atoms with Crippen molar-refractivity contribution in [2.75, 3.05) is 6.61 Å². The summed E-state index contributed by atoms with van der Waals surface area (Å²) in [4.78, 5) is 24.6. The van der Waals surface area contributed by atoms with E-state index < -0.39 is 5.97 Å². The van der Waals surface area contributed by atoms with Crippen LogP contribution in [0.1, 0.15) is 70.8 Å². The van der Waals surface area contributed by atoms with Crippen LogP contribution in [-0.2, 0) is 9.53 Å². The van der Waals surface area contributed by atoms with Gasteiger partial charge in [0.05, 0.1) is 5.56 Å². The number of rotatable bonds is 4. The number of carbonyl (C=O) groups is 2. The van der Waals surface area contributed by atoms with Crippen LogP contribution in [0.25, 0.3) is 0 Å². The lowest BCUT2D eigenvalue weighted by Crippen LogP contribution is -2.39. The number of amides is 1. The molecule has 0 aromatic heterocycles. The second-order valence-corrected chi connectivity index (χ2v) is 7.60. The molecule has 0 aliphatic heterocycles. The van der Waals surface area contributed by atoms with E-state index in [0.717, 1.165) is 53.9 Å². The fourth-order valence-electron chi connectivity index (χ4n) is 3.68. The molecule has 138 valence electrons. The molecule has 4 nitrogen and oxygen atoms in total. The van der Waals surface area contributed by atoms with Gasteiger partial charge in [-0.2, -0.15) is 0 Å². The maximum atomic E-state index is 12.5. The van der Waals surface area contributed by atoms with E-state index >= 15 is 0 Å². The molecule has 0 spiro atoms. The minimum Gasteiger partial charge on any atom is -0.452 e. The van der Waals surface area contributed by atoms with E-state index in [2.05, 4.69) is 19.2 Å². The Bertz CT molecular complexity index is 641. The van der Waals surface area contributed by atoms with Crippen LogP contribution in [0, 0.1) is 40.5 Å². The lowest BCUT2D eigenvalue weighted by Gasteiger charge is -2.26. The van der Waals surface area contributed by atoms with Crippen molar-refractivity contribution in [3.8, 4) is 0 Å². The molecule has 4 heteroatoms. The Balaban J connectivity index is 1.98. The summed E-state index contributed by atoms with van der Waals surface area (Å²) in [6, 6.07) is 0.217.